The molecule has 19 heavy (non-hydrogen) atoms. The van der Waals surface area contributed by atoms with Gasteiger partial charge in [0, 0.05) is 12.5 Å². The first-order chi connectivity index (χ1) is 9.02. The van der Waals surface area contributed by atoms with E-state index in [1.54, 1.807) is 18.2 Å². The summed E-state index contributed by atoms with van der Waals surface area (Å²) in [7, 11) is 1.31. The average Bonchev–Trinajstić information content (AvgIpc) is 2.37. The van der Waals surface area contributed by atoms with E-state index in [1.807, 2.05) is 0 Å². The summed E-state index contributed by atoms with van der Waals surface area (Å²) in [5.74, 6) is -0.224. The number of carbonyl (C=O) groups excluding carboxylic acids is 1. The third kappa shape index (κ3) is 5.65. The second kappa shape index (κ2) is 7.68. The van der Waals surface area contributed by atoms with Crippen LogP contribution in [0.4, 0.5) is 8.78 Å². The van der Waals surface area contributed by atoms with Crippen LogP contribution in [-0.2, 0) is 16.0 Å². The molecular weight excluding hydrogens is 256 g/mol. The van der Waals surface area contributed by atoms with E-state index in [2.05, 4.69) is 9.47 Å². The Morgan fingerprint density at radius 2 is 2.05 bits per heavy atom. The van der Waals surface area contributed by atoms with Gasteiger partial charge in [-0.25, -0.2) is 0 Å². The molecule has 0 aromatic heterocycles. The smallest absolute Gasteiger partial charge is 0.387 e. The summed E-state index contributed by atoms with van der Waals surface area (Å²) in [6.45, 7) is -2.87. The summed E-state index contributed by atoms with van der Waals surface area (Å²) < 4.78 is 33.4. The SMILES string of the molecule is COC(=O)CCC(N)Cc1ccccc1OC(F)F. The molecule has 0 bridgehead atoms. The van der Waals surface area contributed by atoms with Gasteiger partial charge >= 0.3 is 12.6 Å². The van der Waals surface area contributed by atoms with Crippen LogP contribution in [0.15, 0.2) is 24.3 Å². The molecule has 1 rings (SSSR count). The van der Waals surface area contributed by atoms with Gasteiger partial charge in [-0.1, -0.05) is 18.2 Å². The van der Waals surface area contributed by atoms with Gasteiger partial charge in [-0.2, -0.15) is 8.78 Å². The van der Waals surface area contributed by atoms with Crippen LogP contribution in [0, 0.1) is 0 Å². The molecule has 0 fully saturated rings. The van der Waals surface area contributed by atoms with Crippen LogP contribution >= 0.6 is 0 Å². The number of nitrogens with two attached hydrogens (primary N) is 1. The molecule has 4 nitrogen and oxygen atoms in total. The number of halogens is 2. The monoisotopic (exact) mass is 273 g/mol. The lowest BCUT2D eigenvalue weighted by Gasteiger charge is -2.14. The highest BCUT2D eigenvalue weighted by Crippen LogP contribution is 2.22. The minimum Gasteiger partial charge on any atom is -0.469 e. The molecule has 0 radical (unpaired) electrons. The highest BCUT2D eigenvalue weighted by atomic mass is 19.3. The van der Waals surface area contributed by atoms with Crippen molar-refractivity contribution in [3.05, 3.63) is 29.8 Å². The maximum absolute atomic E-state index is 12.2. The standard InChI is InChI=1S/C13H17F2NO3/c1-18-12(17)7-6-10(16)8-9-4-2-3-5-11(9)19-13(14)15/h2-5,10,13H,6-8,16H2,1H3. The number of carbonyl (C=O) groups is 1. The first-order valence-corrected chi connectivity index (χ1v) is 5.88. The van der Waals surface area contributed by atoms with E-state index in [4.69, 9.17) is 5.73 Å². The molecule has 0 aliphatic carbocycles. The number of hydrogen-bond donors (Lipinski definition) is 1. The minimum atomic E-state index is -2.87. The molecule has 1 aromatic carbocycles. The molecule has 6 heteroatoms. The molecule has 0 heterocycles. The van der Waals surface area contributed by atoms with Crippen molar-refractivity contribution in [2.75, 3.05) is 7.11 Å². The van der Waals surface area contributed by atoms with Crippen LogP contribution in [0.1, 0.15) is 18.4 Å². The zero-order chi connectivity index (χ0) is 14.3. The Morgan fingerprint density at radius 1 is 1.37 bits per heavy atom. The number of esters is 1. The van der Waals surface area contributed by atoms with Gasteiger partial charge in [0.05, 0.1) is 7.11 Å². The van der Waals surface area contributed by atoms with Crippen molar-refractivity contribution in [3.63, 3.8) is 0 Å². The number of rotatable bonds is 7. The van der Waals surface area contributed by atoms with E-state index in [0.717, 1.165) is 0 Å². The van der Waals surface area contributed by atoms with E-state index < -0.39 is 6.61 Å². The van der Waals surface area contributed by atoms with Crippen molar-refractivity contribution in [3.8, 4) is 5.75 Å². The number of alkyl halides is 2. The van der Waals surface area contributed by atoms with E-state index in [-0.39, 0.29) is 24.2 Å². The van der Waals surface area contributed by atoms with Crippen molar-refractivity contribution < 1.29 is 23.0 Å². The summed E-state index contributed by atoms with van der Waals surface area (Å²) in [5, 5.41) is 0. The summed E-state index contributed by atoms with van der Waals surface area (Å²) in [5.41, 5.74) is 6.45. The first kappa shape index (κ1) is 15.4. The van der Waals surface area contributed by atoms with Crippen molar-refractivity contribution in [2.24, 2.45) is 5.73 Å². The minimum absolute atomic E-state index is 0.117. The van der Waals surface area contributed by atoms with Gasteiger partial charge in [0.15, 0.2) is 0 Å². The van der Waals surface area contributed by atoms with Crippen LogP contribution in [0.5, 0.6) is 5.75 Å². The third-order valence-electron chi connectivity index (χ3n) is 2.62. The molecule has 0 amide bonds. The lowest BCUT2D eigenvalue weighted by atomic mass is 10.0. The molecule has 1 unspecified atom stereocenters. The van der Waals surface area contributed by atoms with Gasteiger partial charge in [-0.3, -0.25) is 4.79 Å². The molecule has 0 saturated carbocycles. The lowest BCUT2D eigenvalue weighted by Crippen LogP contribution is -2.24. The Bertz CT molecular complexity index is 413. The maximum atomic E-state index is 12.2. The van der Waals surface area contributed by atoms with E-state index in [0.29, 0.717) is 18.4 Å². The number of ether oxygens (including phenoxy) is 2. The van der Waals surface area contributed by atoms with Crippen molar-refractivity contribution in [2.45, 2.75) is 31.9 Å². The second-order valence-electron chi connectivity index (χ2n) is 4.07. The molecule has 2 N–H and O–H groups in total. The molecule has 0 aliphatic rings. The highest BCUT2D eigenvalue weighted by molar-refractivity contribution is 5.69. The summed E-state index contributed by atoms with van der Waals surface area (Å²) in [6, 6.07) is 6.16. The van der Waals surface area contributed by atoms with Gasteiger partial charge in [0.2, 0.25) is 0 Å². The molecule has 0 saturated heterocycles. The van der Waals surface area contributed by atoms with Crippen LogP contribution in [0.2, 0.25) is 0 Å². The van der Waals surface area contributed by atoms with Crippen molar-refractivity contribution in [1.29, 1.82) is 0 Å². The highest BCUT2D eigenvalue weighted by Gasteiger charge is 2.13. The Kier molecular flexibility index (Phi) is 6.21. The lowest BCUT2D eigenvalue weighted by molar-refractivity contribution is -0.140. The molecule has 106 valence electrons. The maximum Gasteiger partial charge on any atom is 0.387 e. The first-order valence-electron chi connectivity index (χ1n) is 5.88. The fraction of sp³-hybridized carbons (Fsp3) is 0.462. The predicted octanol–water partition coefficient (Wildman–Crippen LogP) is 2.11. The van der Waals surface area contributed by atoms with Crippen LogP contribution in [-0.4, -0.2) is 25.7 Å². The second-order valence-corrected chi connectivity index (χ2v) is 4.07. The normalized spacial score (nSPS) is 12.3. The van der Waals surface area contributed by atoms with E-state index >= 15 is 0 Å². The van der Waals surface area contributed by atoms with Gasteiger partial charge < -0.3 is 15.2 Å². The Hall–Kier alpha value is -1.69. The van der Waals surface area contributed by atoms with Crippen LogP contribution < -0.4 is 10.5 Å². The summed E-state index contributed by atoms with van der Waals surface area (Å²) >= 11 is 0. The van der Waals surface area contributed by atoms with Gasteiger partial charge in [-0.05, 0) is 24.5 Å². The number of benzene rings is 1. The Labute approximate surface area is 110 Å². The third-order valence-corrected chi connectivity index (χ3v) is 2.62. The van der Waals surface area contributed by atoms with Crippen LogP contribution in [0.3, 0.4) is 0 Å². The quantitative estimate of drug-likeness (QED) is 0.773. The van der Waals surface area contributed by atoms with Crippen molar-refractivity contribution in [1.82, 2.24) is 0 Å². The summed E-state index contributed by atoms with van der Waals surface area (Å²) in [4.78, 5) is 11.0. The zero-order valence-corrected chi connectivity index (χ0v) is 10.6. The molecule has 1 atom stereocenters. The average molecular weight is 273 g/mol. The molecule has 0 spiro atoms. The summed E-state index contributed by atoms with van der Waals surface area (Å²) in [6.07, 6.45) is 0.991. The number of methoxy groups -OCH3 is 1. The number of hydrogen-bond acceptors (Lipinski definition) is 4. The Balaban J connectivity index is 2.58. The van der Waals surface area contributed by atoms with Gasteiger partial charge in [-0.15, -0.1) is 0 Å². The number of para-hydroxylation sites is 1. The zero-order valence-electron chi connectivity index (χ0n) is 10.6. The van der Waals surface area contributed by atoms with Gasteiger partial charge in [0.25, 0.3) is 0 Å². The molecule has 1 aromatic rings. The fourth-order valence-corrected chi connectivity index (χ4v) is 1.67. The molecular formula is C13H17F2NO3. The van der Waals surface area contributed by atoms with E-state index in [1.165, 1.54) is 13.2 Å². The molecule has 0 aliphatic heterocycles. The largest absolute Gasteiger partial charge is 0.469 e. The van der Waals surface area contributed by atoms with E-state index in [9.17, 15) is 13.6 Å². The Morgan fingerprint density at radius 3 is 2.68 bits per heavy atom. The van der Waals surface area contributed by atoms with Crippen molar-refractivity contribution >= 4 is 5.97 Å². The fourth-order valence-electron chi connectivity index (χ4n) is 1.67. The predicted molar refractivity (Wildman–Crippen MR) is 66.0 cm³/mol. The van der Waals surface area contributed by atoms with Crippen LogP contribution in [0.25, 0.3) is 0 Å². The van der Waals surface area contributed by atoms with Gasteiger partial charge in [0.1, 0.15) is 5.75 Å². The topological polar surface area (TPSA) is 61.5 Å².